The summed E-state index contributed by atoms with van der Waals surface area (Å²) >= 11 is 1.59. The molecule has 0 aromatic carbocycles. The molecule has 0 amide bonds. The second kappa shape index (κ2) is 4.95. The predicted molar refractivity (Wildman–Crippen MR) is 58.6 cm³/mol. The summed E-state index contributed by atoms with van der Waals surface area (Å²) in [6, 6.07) is 1.72. The minimum absolute atomic E-state index is 0.0474. The van der Waals surface area contributed by atoms with Gasteiger partial charge in [0.05, 0.1) is 11.8 Å². The molecular formula is C9H14N4S. The van der Waals surface area contributed by atoms with Crippen molar-refractivity contribution in [3.63, 3.8) is 0 Å². The number of hydrogen-bond donors (Lipinski definition) is 2. The summed E-state index contributed by atoms with van der Waals surface area (Å²) in [6.45, 7) is 4.27. The maximum absolute atomic E-state index is 7.36. The quantitative estimate of drug-likeness (QED) is 0.448. The van der Waals surface area contributed by atoms with Crippen molar-refractivity contribution < 1.29 is 0 Å². The number of amidine groups is 1. The largest absolute Gasteiger partial charge is 0.384 e. The van der Waals surface area contributed by atoms with E-state index in [-0.39, 0.29) is 5.84 Å². The van der Waals surface area contributed by atoms with Crippen molar-refractivity contribution in [3.05, 3.63) is 17.8 Å². The minimum atomic E-state index is 0.0474. The second-order valence-corrected chi connectivity index (χ2v) is 4.38. The molecule has 0 aliphatic rings. The van der Waals surface area contributed by atoms with E-state index in [2.05, 4.69) is 24.0 Å². The average Bonchev–Trinajstić information content (AvgIpc) is 2.15. The number of nitrogens with zero attached hydrogens (tertiary/aromatic N) is 2. The molecule has 1 heterocycles. The van der Waals surface area contributed by atoms with Gasteiger partial charge in [-0.1, -0.05) is 13.8 Å². The van der Waals surface area contributed by atoms with Crippen molar-refractivity contribution >= 4 is 17.6 Å². The molecule has 0 aliphatic heterocycles. The van der Waals surface area contributed by atoms with Crippen molar-refractivity contribution in [3.8, 4) is 0 Å². The van der Waals surface area contributed by atoms with E-state index in [1.54, 1.807) is 24.0 Å². The lowest BCUT2D eigenvalue weighted by Crippen LogP contribution is -2.13. The molecule has 0 radical (unpaired) electrons. The van der Waals surface area contributed by atoms with Crippen molar-refractivity contribution in [2.45, 2.75) is 18.9 Å². The Bertz CT molecular complexity index is 324. The Hall–Kier alpha value is -1.10. The van der Waals surface area contributed by atoms with Crippen LogP contribution in [0.5, 0.6) is 0 Å². The van der Waals surface area contributed by atoms with Crippen LogP contribution in [0.4, 0.5) is 0 Å². The first-order valence-electron chi connectivity index (χ1n) is 4.40. The SMILES string of the molecule is CC(C)CSc1nnccc1C(=N)N. The van der Waals surface area contributed by atoms with Crippen LogP contribution >= 0.6 is 11.8 Å². The average molecular weight is 210 g/mol. The van der Waals surface area contributed by atoms with Gasteiger partial charge in [-0.2, -0.15) is 5.10 Å². The molecule has 76 valence electrons. The van der Waals surface area contributed by atoms with Crippen LogP contribution in [-0.2, 0) is 0 Å². The van der Waals surface area contributed by atoms with Gasteiger partial charge in [0.2, 0.25) is 0 Å². The first-order chi connectivity index (χ1) is 6.61. The first-order valence-corrected chi connectivity index (χ1v) is 5.38. The summed E-state index contributed by atoms with van der Waals surface area (Å²) in [6.07, 6.45) is 1.55. The molecule has 3 N–H and O–H groups in total. The van der Waals surface area contributed by atoms with Gasteiger partial charge in [-0.3, -0.25) is 5.41 Å². The first kappa shape index (κ1) is 11.0. The van der Waals surface area contributed by atoms with Crippen LogP contribution in [0.3, 0.4) is 0 Å². The number of rotatable bonds is 4. The Labute approximate surface area is 87.8 Å². The molecule has 0 bridgehead atoms. The smallest absolute Gasteiger partial charge is 0.130 e. The third-order valence-corrected chi connectivity index (χ3v) is 2.94. The highest BCUT2D eigenvalue weighted by Crippen LogP contribution is 2.20. The zero-order valence-corrected chi connectivity index (χ0v) is 9.14. The van der Waals surface area contributed by atoms with Crippen molar-refractivity contribution in [2.24, 2.45) is 11.7 Å². The van der Waals surface area contributed by atoms with E-state index < -0.39 is 0 Å². The topological polar surface area (TPSA) is 75.7 Å². The maximum atomic E-state index is 7.36. The van der Waals surface area contributed by atoms with E-state index >= 15 is 0 Å². The van der Waals surface area contributed by atoms with Gasteiger partial charge in [0.1, 0.15) is 10.9 Å². The summed E-state index contributed by atoms with van der Waals surface area (Å²) in [5.41, 5.74) is 6.10. The van der Waals surface area contributed by atoms with E-state index in [1.807, 2.05) is 0 Å². The third-order valence-electron chi connectivity index (χ3n) is 1.53. The number of hydrogen-bond acceptors (Lipinski definition) is 4. The van der Waals surface area contributed by atoms with E-state index in [0.717, 1.165) is 10.8 Å². The summed E-state index contributed by atoms with van der Waals surface area (Å²) < 4.78 is 0. The van der Waals surface area contributed by atoms with Crippen LogP contribution < -0.4 is 5.73 Å². The van der Waals surface area contributed by atoms with E-state index in [0.29, 0.717) is 11.5 Å². The molecule has 1 aromatic heterocycles. The number of nitrogens with one attached hydrogen (secondary N) is 1. The lowest BCUT2D eigenvalue weighted by molar-refractivity contribution is 0.748. The van der Waals surface area contributed by atoms with Gasteiger partial charge in [-0.15, -0.1) is 16.9 Å². The molecule has 0 spiro atoms. The highest BCUT2D eigenvalue weighted by Gasteiger charge is 2.07. The molecule has 0 saturated heterocycles. The normalized spacial score (nSPS) is 10.5. The number of nitrogen functional groups attached to an aromatic ring is 1. The molecular weight excluding hydrogens is 196 g/mol. The van der Waals surface area contributed by atoms with Crippen LogP contribution in [0, 0.1) is 11.3 Å². The molecule has 1 rings (SSSR count). The summed E-state index contributed by atoms with van der Waals surface area (Å²) in [7, 11) is 0. The fourth-order valence-corrected chi connectivity index (χ4v) is 1.81. The molecule has 0 aliphatic carbocycles. The van der Waals surface area contributed by atoms with Crippen LogP contribution in [0.25, 0.3) is 0 Å². The molecule has 0 atom stereocenters. The van der Waals surface area contributed by atoms with Crippen LogP contribution in [-0.4, -0.2) is 21.8 Å². The van der Waals surface area contributed by atoms with E-state index in [4.69, 9.17) is 11.1 Å². The monoisotopic (exact) mass is 210 g/mol. The van der Waals surface area contributed by atoms with Crippen LogP contribution in [0.2, 0.25) is 0 Å². The van der Waals surface area contributed by atoms with Gasteiger partial charge >= 0.3 is 0 Å². The van der Waals surface area contributed by atoms with Crippen LogP contribution in [0.1, 0.15) is 19.4 Å². The van der Waals surface area contributed by atoms with Crippen molar-refractivity contribution in [1.29, 1.82) is 5.41 Å². The zero-order chi connectivity index (χ0) is 10.6. The van der Waals surface area contributed by atoms with E-state index in [1.165, 1.54) is 0 Å². The Balaban J connectivity index is 2.79. The lowest BCUT2D eigenvalue weighted by atomic mass is 10.3. The molecule has 0 unspecified atom stereocenters. The highest BCUT2D eigenvalue weighted by molar-refractivity contribution is 7.99. The standard InChI is InChI=1S/C9H14N4S/c1-6(2)5-14-9-7(8(10)11)3-4-12-13-9/h3-4,6H,5H2,1-2H3,(H3,10,11). The van der Waals surface area contributed by atoms with Gasteiger partial charge in [0.15, 0.2) is 0 Å². The summed E-state index contributed by atoms with van der Waals surface area (Å²) in [5.74, 6) is 1.59. The molecule has 1 aromatic rings. The zero-order valence-electron chi connectivity index (χ0n) is 8.32. The predicted octanol–water partition coefficient (Wildman–Crippen LogP) is 1.51. The van der Waals surface area contributed by atoms with Crippen molar-refractivity contribution in [2.75, 3.05) is 5.75 Å². The second-order valence-electron chi connectivity index (χ2n) is 3.37. The Morgan fingerprint density at radius 3 is 2.93 bits per heavy atom. The van der Waals surface area contributed by atoms with Crippen LogP contribution in [0.15, 0.2) is 17.3 Å². The number of thioether (sulfide) groups is 1. The molecule has 4 nitrogen and oxygen atoms in total. The van der Waals surface area contributed by atoms with E-state index in [9.17, 15) is 0 Å². The van der Waals surface area contributed by atoms with Gasteiger partial charge in [0, 0.05) is 5.75 Å². The highest BCUT2D eigenvalue weighted by atomic mass is 32.2. The number of aromatic nitrogens is 2. The molecule has 5 heteroatoms. The summed E-state index contributed by atoms with van der Waals surface area (Å²) in [5, 5.41) is 15.8. The minimum Gasteiger partial charge on any atom is -0.384 e. The number of nitrogens with two attached hydrogens (primary N) is 1. The molecule has 0 saturated carbocycles. The van der Waals surface area contributed by atoms with Crippen molar-refractivity contribution in [1.82, 2.24) is 10.2 Å². The Kier molecular flexibility index (Phi) is 3.88. The molecule has 0 fully saturated rings. The third kappa shape index (κ3) is 2.99. The summed E-state index contributed by atoms with van der Waals surface area (Å²) in [4.78, 5) is 0. The van der Waals surface area contributed by atoms with Gasteiger partial charge in [-0.25, -0.2) is 0 Å². The van der Waals surface area contributed by atoms with Gasteiger partial charge < -0.3 is 5.73 Å². The van der Waals surface area contributed by atoms with Gasteiger partial charge in [0.25, 0.3) is 0 Å². The lowest BCUT2D eigenvalue weighted by Gasteiger charge is -2.06. The van der Waals surface area contributed by atoms with Gasteiger partial charge in [-0.05, 0) is 12.0 Å². The Morgan fingerprint density at radius 1 is 1.64 bits per heavy atom. The fourth-order valence-electron chi connectivity index (χ4n) is 0.876. The molecule has 14 heavy (non-hydrogen) atoms. The maximum Gasteiger partial charge on any atom is 0.130 e. The Morgan fingerprint density at radius 2 is 2.36 bits per heavy atom. The fraction of sp³-hybridized carbons (Fsp3) is 0.444.